The lowest BCUT2D eigenvalue weighted by Crippen LogP contribution is -2.33. The first kappa shape index (κ1) is 9.88. The Balaban J connectivity index is 3.69. The Hall–Kier alpha value is -0.120. The van der Waals surface area contributed by atoms with Crippen molar-refractivity contribution in [3.63, 3.8) is 0 Å². The second-order valence-corrected chi connectivity index (χ2v) is 2.88. The summed E-state index contributed by atoms with van der Waals surface area (Å²) in [5, 5.41) is 9.25. The van der Waals surface area contributed by atoms with E-state index in [9.17, 15) is 5.11 Å². The summed E-state index contributed by atoms with van der Waals surface area (Å²) in [4.78, 5) is 0. The van der Waals surface area contributed by atoms with Gasteiger partial charge >= 0.3 is 0 Å². The summed E-state index contributed by atoms with van der Waals surface area (Å²) < 4.78 is 0. The summed E-state index contributed by atoms with van der Waals surface area (Å²) in [5.74, 6) is 0.550. The first-order chi connectivity index (χ1) is 4.63. The molecule has 5 N–H and O–H groups in total. The highest BCUT2D eigenvalue weighted by atomic mass is 16.3. The van der Waals surface area contributed by atoms with Crippen LogP contribution in [-0.2, 0) is 0 Å². The molecule has 0 fully saturated rings. The average molecular weight is 146 g/mol. The Morgan fingerprint density at radius 2 is 1.70 bits per heavy atom. The molecule has 0 saturated carbocycles. The average Bonchev–Trinajstić information content (AvgIpc) is 2.00. The quantitative estimate of drug-likeness (QED) is 0.502. The lowest BCUT2D eigenvalue weighted by molar-refractivity contribution is 0.0966. The van der Waals surface area contributed by atoms with Crippen molar-refractivity contribution in [2.24, 2.45) is 23.3 Å². The number of hydrogen-bond acceptors (Lipinski definition) is 3. The molecule has 0 radical (unpaired) electrons. The summed E-state index contributed by atoms with van der Waals surface area (Å²) in [7, 11) is 0. The van der Waals surface area contributed by atoms with Crippen molar-refractivity contribution in [3.8, 4) is 0 Å². The molecular formula is C7H18N2O. The molecule has 0 amide bonds. The fraction of sp³-hybridized carbons (Fsp3) is 1.00. The number of aliphatic hydroxyl groups excluding tert-OH is 1. The molecule has 0 aromatic rings. The van der Waals surface area contributed by atoms with Crippen LogP contribution in [0.1, 0.15) is 13.8 Å². The van der Waals surface area contributed by atoms with Crippen molar-refractivity contribution in [3.05, 3.63) is 0 Å². The van der Waals surface area contributed by atoms with Crippen LogP contribution in [0, 0.1) is 11.8 Å². The predicted octanol–water partition coefficient (Wildman–Crippen LogP) is -0.463. The van der Waals surface area contributed by atoms with Gasteiger partial charge in [-0.15, -0.1) is 0 Å². The van der Waals surface area contributed by atoms with Crippen molar-refractivity contribution in [2.75, 3.05) is 13.1 Å². The van der Waals surface area contributed by atoms with E-state index in [2.05, 4.69) is 0 Å². The molecule has 62 valence electrons. The molecule has 10 heavy (non-hydrogen) atoms. The van der Waals surface area contributed by atoms with Crippen LogP contribution in [0.5, 0.6) is 0 Å². The minimum absolute atomic E-state index is 0.204. The Bertz CT molecular complexity index is 77.7. The second-order valence-electron chi connectivity index (χ2n) is 2.88. The third kappa shape index (κ3) is 2.64. The van der Waals surface area contributed by atoms with E-state index in [1.54, 1.807) is 0 Å². The lowest BCUT2D eigenvalue weighted by Gasteiger charge is -2.22. The van der Waals surface area contributed by atoms with Gasteiger partial charge in [-0.1, -0.05) is 13.8 Å². The van der Waals surface area contributed by atoms with Gasteiger partial charge in [0.05, 0.1) is 6.10 Å². The maximum absolute atomic E-state index is 9.25. The van der Waals surface area contributed by atoms with Crippen LogP contribution < -0.4 is 11.5 Å². The number of nitrogens with two attached hydrogens (primary N) is 2. The van der Waals surface area contributed by atoms with Crippen LogP contribution in [0.25, 0.3) is 0 Å². The van der Waals surface area contributed by atoms with Crippen LogP contribution in [-0.4, -0.2) is 24.3 Å². The molecular weight excluding hydrogens is 128 g/mol. The molecule has 0 saturated heterocycles. The monoisotopic (exact) mass is 146 g/mol. The Labute approximate surface area is 62.4 Å². The van der Waals surface area contributed by atoms with Gasteiger partial charge in [-0.05, 0) is 18.4 Å². The van der Waals surface area contributed by atoms with Gasteiger partial charge in [0.1, 0.15) is 0 Å². The van der Waals surface area contributed by atoms with E-state index in [0.29, 0.717) is 19.0 Å². The van der Waals surface area contributed by atoms with E-state index in [4.69, 9.17) is 11.5 Å². The smallest absolute Gasteiger partial charge is 0.0690 e. The van der Waals surface area contributed by atoms with Crippen molar-refractivity contribution in [1.29, 1.82) is 0 Å². The zero-order chi connectivity index (χ0) is 8.15. The summed E-state index contributed by atoms with van der Waals surface area (Å²) in [6, 6.07) is 0. The third-order valence-electron chi connectivity index (χ3n) is 2.12. The standard InChI is InChI=1S/C7H18N2O/c1-5(3-8)6(2)7(10)4-9/h5-7,10H,3-4,8-9H2,1-2H3. The number of aliphatic hydroxyl groups is 1. The fourth-order valence-electron chi connectivity index (χ4n) is 0.809. The largest absolute Gasteiger partial charge is 0.392 e. The van der Waals surface area contributed by atoms with E-state index in [1.165, 1.54) is 0 Å². The zero-order valence-electron chi connectivity index (χ0n) is 6.75. The van der Waals surface area contributed by atoms with E-state index >= 15 is 0 Å². The molecule has 0 aliphatic carbocycles. The first-order valence-corrected chi connectivity index (χ1v) is 3.71. The lowest BCUT2D eigenvalue weighted by atomic mass is 9.91. The predicted molar refractivity (Wildman–Crippen MR) is 42.4 cm³/mol. The fourth-order valence-corrected chi connectivity index (χ4v) is 0.809. The topological polar surface area (TPSA) is 72.3 Å². The molecule has 0 bridgehead atoms. The van der Waals surface area contributed by atoms with Crippen LogP contribution in [0.4, 0.5) is 0 Å². The first-order valence-electron chi connectivity index (χ1n) is 3.71. The van der Waals surface area contributed by atoms with E-state index in [1.807, 2.05) is 13.8 Å². The van der Waals surface area contributed by atoms with Crippen molar-refractivity contribution < 1.29 is 5.11 Å². The zero-order valence-corrected chi connectivity index (χ0v) is 6.75. The summed E-state index contributed by atoms with van der Waals surface area (Å²) in [6.07, 6.45) is -0.404. The Morgan fingerprint density at radius 1 is 1.20 bits per heavy atom. The Kier molecular flexibility index (Phi) is 4.60. The highest BCUT2D eigenvalue weighted by Crippen LogP contribution is 2.12. The van der Waals surface area contributed by atoms with Crippen LogP contribution in [0.2, 0.25) is 0 Å². The molecule has 3 atom stereocenters. The minimum atomic E-state index is -0.404. The van der Waals surface area contributed by atoms with E-state index in [0.717, 1.165) is 0 Å². The van der Waals surface area contributed by atoms with Gasteiger partial charge in [0.2, 0.25) is 0 Å². The van der Waals surface area contributed by atoms with E-state index in [-0.39, 0.29) is 5.92 Å². The molecule has 0 spiro atoms. The van der Waals surface area contributed by atoms with Crippen molar-refractivity contribution in [1.82, 2.24) is 0 Å². The molecule has 0 aliphatic heterocycles. The third-order valence-corrected chi connectivity index (χ3v) is 2.12. The molecule has 0 aliphatic rings. The van der Waals surface area contributed by atoms with Gasteiger partial charge < -0.3 is 16.6 Å². The van der Waals surface area contributed by atoms with Gasteiger partial charge in [0.25, 0.3) is 0 Å². The maximum atomic E-state index is 9.25. The summed E-state index contributed by atoms with van der Waals surface area (Å²) >= 11 is 0. The van der Waals surface area contributed by atoms with Crippen molar-refractivity contribution >= 4 is 0 Å². The van der Waals surface area contributed by atoms with Gasteiger partial charge in [-0.3, -0.25) is 0 Å². The molecule has 0 rings (SSSR count). The molecule has 3 nitrogen and oxygen atoms in total. The van der Waals surface area contributed by atoms with Gasteiger partial charge in [0.15, 0.2) is 0 Å². The maximum Gasteiger partial charge on any atom is 0.0690 e. The number of hydrogen-bond donors (Lipinski definition) is 3. The van der Waals surface area contributed by atoms with Crippen LogP contribution >= 0.6 is 0 Å². The second kappa shape index (κ2) is 4.66. The van der Waals surface area contributed by atoms with Crippen LogP contribution in [0.3, 0.4) is 0 Å². The molecule has 3 heteroatoms. The Morgan fingerprint density at radius 3 is 2.00 bits per heavy atom. The molecule has 3 unspecified atom stereocenters. The highest BCUT2D eigenvalue weighted by Gasteiger charge is 2.17. The molecule has 0 aromatic heterocycles. The van der Waals surface area contributed by atoms with E-state index < -0.39 is 6.10 Å². The van der Waals surface area contributed by atoms with Gasteiger partial charge in [0, 0.05) is 6.54 Å². The normalized spacial score (nSPS) is 20.1. The summed E-state index contributed by atoms with van der Waals surface area (Å²) in [6.45, 7) is 4.92. The highest BCUT2D eigenvalue weighted by molar-refractivity contribution is 4.70. The molecule has 0 aromatic carbocycles. The molecule has 0 heterocycles. The van der Waals surface area contributed by atoms with Crippen LogP contribution in [0.15, 0.2) is 0 Å². The SMILES string of the molecule is CC(CN)C(C)C(O)CN. The van der Waals surface area contributed by atoms with Gasteiger partial charge in [-0.25, -0.2) is 0 Å². The van der Waals surface area contributed by atoms with Gasteiger partial charge in [-0.2, -0.15) is 0 Å². The summed E-state index contributed by atoms with van der Waals surface area (Å²) in [5.41, 5.74) is 10.7. The minimum Gasteiger partial charge on any atom is -0.392 e. The van der Waals surface area contributed by atoms with Crippen molar-refractivity contribution in [2.45, 2.75) is 20.0 Å². The number of rotatable bonds is 4.